The Hall–Kier alpha value is -2.03. The second-order valence-corrected chi connectivity index (χ2v) is 4.97. The number of hydrogen-bond acceptors (Lipinski definition) is 2. The number of nitrogens with zero attached hydrogens (tertiary/aromatic N) is 1. The van der Waals surface area contributed by atoms with Crippen molar-refractivity contribution < 1.29 is 9.53 Å². The van der Waals surface area contributed by atoms with Crippen molar-refractivity contribution in [1.29, 1.82) is 0 Å². The Labute approximate surface area is 113 Å². The third-order valence-electron chi connectivity index (χ3n) is 3.18. The van der Waals surface area contributed by atoms with Gasteiger partial charge < -0.3 is 9.30 Å². The number of rotatable bonds is 3. The number of carbonyl (C=O) groups is 1. The zero-order valence-electron chi connectivity index (χ0n) is 11.8. The van der Waals surface area contributed by atoms with Gasteiger partial charge in [0.15, 0.2) is 0 Å². The number of benzene rings is 1. The van der Waals surface area contributed by atoms with Crippen molar-refractivity contribution in [2.45, 2.75) is 26.8 Å². The van der Waals surface area contributed by atoms with Gasteiger partial charge in [-0.05, 0) is 32.4 Å². The van der Waals surface area contributed by atoms with Crippen molar-refractivity contribution in [3.05, 3.63) is 47.8 Å². The molecule has 2 rings (SSSR count). The van der Waals surface area contributed by atoms with Crippen LogP contribution >= 0.6 is 0 Å². The lowest BCUT2D eigenvalue weighted by Gasteiger charge is -2.10. The molecule has 0 aliphatic heterocycles. The molecule has 3 nitrogen and oxygen atoms in total. The lowest BCUT2D eigenvalue weighted by molar-refractivity contribution is 0.0587. The molecule has 0 aliphatic carbocycles. The van der Waals surface area contributed by atoms with Gasteiger partial charge in [-0.25, -0.2) is 4.79 Å². The SMILES string of the molecule is COC(=O)c1cc(-c2ccc(C)cc2)cn1C(C)C. The molecule has 100 valence electrons. The van der Waals surface area contributed by atoms with Crippen LogP contribution in [0.1, 0.15) is 35.9 Å². The van der Waals surface area contributed by atoms with E-state index >= 15 is 0 Å². The van der Waals surface area contributed by atoms with E-state index in [0.717, 1.165) is 11.1 Å². The molecule has 0 unspecified atom stereocenters. The highest BCUT2D eigenvalue weighted by atomic mass is 16.5. The van der Waals surface area contributed by atoms with Crippen LogP contribution in [-0.2, 0) is 4.74 Å². The first kappa shape index (κ1) is 13.4. The van der Waals surface area contributed by atoms with Crippen LogP contribution in [0.4, 0.5) is 0 Å². The van der Waals surface area contributed by atoms with Crippen LogP contribution in [0, 0.1) is 6.92 Å². The van der Waals surface area contributed by atoms with Gasteiger partial charge in [-0.2, -0.15) is 0 Å². The molecule has 0 fully saturated rings. The molecule has 1 heterocycles. The quantitative estimate of drug-likeness (QED) is 0.782. The molecule has 0 N–H and O–H groups in total. The molecule has 1 aromatic heterocycles. The summed E-state index contributed by atoms with van der Waals surface area (Å²) in [4.78, 5) is 11.8. The molecular weight excluding hydrogens is 238 g/mol. The largest absolute Gasteiger partial charge is 0.464 e. The van der Waals surface area contributed by atoms with Gasteiger partial charge in [0.1, 0.15) is 5.69 Å². The molecule has 2 aromatic rings. The summed E-state index contributed by atoms with van der Waals surface area (Å²) in [7, 11) is 1.41. The topological polar surface area (TPSA) is 31.2 Å². The summed E-state index contributed by atoms with van der Waals surface area (Å²) in [6, 6.07) is 10.4. The average Bonchev–Trinajstić information content (AvgIpc) is 2.84. The highest BCUT2D eigenvalue weighted by Crippen LogP contribution is 2.25. The average molecular weight is 257 g/mol. The Morgan fingerprint density at radius 3 is 2.32 bits per heavy atom. The lowest BCUT2D eigenvalue weighted by atomic mass is 10.1. The molecule has 0 amide bonds. The van der Waals surface area contributed by atoms with E-state index in [9.17, 15) is 4.79 Å². The molecule has 0 atom stereocenters. The van der Waals surface area contributed by atoms with Gasteiger partial charge in [0.2, 0.25) is 0 Å². The van der Waals surface area contributed by atoms with Gasteiger partial charge in [0, 0.05) is 17.8 Å². The number of ether oxygens (including phenoxy) is 1. The predicted molar refractivity (Wildman–Crippen MR) is 76.3 cm³/mol. The Kier molecular flexibility index (Phi) is 3.74. The van der Waals surface area contributed by atoms with E-state index in [0.29, 0.717) is 5.69 Å². The maximum Gasteiger partial charge on any atom is 0.354 e. The number of methoxy groups -OCH3 is 1. The van der Waals surface area contributed by atoms with Crippen molar-refractivity contribution in [1.82, 2.24) is 4.57 Å². The standard InChI is InChI=1S/C16H19NO2/c1-11(2)17-10-14(9-15(17)16(18)19-4)13-7-5-12(3)6-8-13/h5-11H,1-4H3. The third-order valence-corrected chi connectivity index (χ3v) is 3.18. The molecule has 0 saturated heterocycles. The Morgan fingerprint density at radius 2 is 1.79 bits per heavy atom. The first-order valence-corrected chi connectivity index (χ1v) is 6.40. The highest BCUT2D eigenvalue weighted by Gasteiger charge is 2.16. The van der Waals surface area contributed by atoms with E-state index < -0.39 is 0 Å². The molecule has 3 heteroatoms. The van der Waals surface area contributed by atoms with Crippen molar-refractivity contribution >= 4 is 5.97 Å². The summed E-state index contributed by atoms with van der Waals surface area (Å²) in [5.41, 5.74) is 3.96. The van der Waals surface area contributed by atoms with Crippen LogP contribution in [0.2, 0.25) is 0 Å². The number of hydrogen-bond donors (Lipinski definition) is 0. The van der Waals surface area contributed by atoms with Crippen LogP contribution in [0.3, 0.4) is 0 Å². The van der Waals surface area contributed by atoms with Gasteiger partial charge in [0.25, 0.3) is 0 Å². The molecule has 19 heavy (non-hydrogen) atoms. The van der Waals surface area contributed by atoms with Crippen LogP contribution in [0.5, 0.6) is 0 Å². The minimum Gasteiger partial charge on any atom is -0.464 e. The van der Waals surface area contributed by atoms with E-state index in [1.807, 2.05) is 30.7 Å². The normalized spacial score (nSPS) is 10.8. The van der Waals surface area contributed by atoms with Crippen LogP contribution < -0.4 is 0 Å². The zero-order chi connectivity index (χ0) is 14.0. The number of carbonyl (C=O) groups excluding carboxylic acids is 1. The van der Waals surface area contributed by atoms with E-state index in [2.05, 4.69) is 31.2 Å². The fourth-order valence-electron chi connectivity index (χ4n) is 2.08. The van der Waals surface area contributed by atoms with Crippen LogP contribution in [0.15, 0.2) is 36.5 Å². The minimum absolute atomic E-state index is 0.216. The van der Waals surface area contributed by atoms with Gasteiger partial charge in [0.05, 0.1) is 7.11 Å². The minimum atomic E-state index is -0.299. The van der Waals surface area contributed by atoms with Crippen molar-refractivity contribution in [3.63, 3.8) is 0 Å². The summed E-state index contributed by atoms with van der Waals surface area (Å²) in [6.07, 6.45) is 2.00. The van der Waals surface area contributed by atoms with E-state index in [1.54, 1.807) is 0 Å². The third kappa shape index (κ3) is 2.70. The lowest BCUT2D eigenvalue weighted by Crippen LogP contribution is -2.11. The van der Waals surface area contributed by atoms with Crippen molar-refractivity contribution in [2.75, 3.05) is 7.11 Å². The zero-order valence-corrected chi connectivity index (χ0v) is 11.8. The van der Waals surface area contributed by atoms with Crippen LogP contribution in [-0.4, -0.2) is 17.6 Å². The fourth-order valence-corrected chi connectivity index (χ4v) is 2.08. The summed E-state index contributed by atoms with van der Waals surface area (Å²) < 4.78 is 6.78. The number of esters is 1. The summed E-state index contributed by atoms with van der Waals surface area (Å²) in [6.45, 7) is 6.15. The van der Waals surface area contributed by atoms with E-state index in [4.69, 9.17) is 4.74 Å². The maximum atomic E-state index is 11.8. The first-order chi connectivity index (χ1) is 9.02. The van der Waals surface area contributed by atoms with Gasteiger partial charge in [-0.3, -0.25) is 0 Å². The Balaban J connectivity index is 2.48. The molecular formula is C16H19NO2. The number of aryl methyl sites for hydroxylation is 1. The second kappa shape index (κ2) is 5.31. The van der Waals surface area contributed by atoms with Crippen molar-refractivity contribution in [2.24, 2.45) is 0 Å². The molecule has 0 radical (unpaired) electrons. The molecule has 0 saturated carbocycles. The first-order valence-electron chi connectivity index (χ1n) is 6.40. The van der Waals surface area contributed by atoms with Gasteiger partial charge in [-0.15, -0.1) is 0 Å². The molecule has 0 bridgehead atoms. The summed E-state index contributed by atoms with van der Waals surface area (Å²) in [5, 5.41) is 0. The summed E-state index contributed by atoms with van der Waals surface area (Å²) in [5.74, 6) is -0.299. The van der Waals surface area contributed by atoms with Gasteiger partial charge >= 0.3 is 5.97 Å². The number of aromatic nitrogens is 1. The maximum absolute atomic E-state index is 11.8. The van der Waals surface area contributed by atoms with Gasteiger partial charge in [-0.1, -0.05) is 29.8 Å². The van der Waals surface area contributed by atoms with E-state index in [1.165, 1.54) is 12.7 Å². The highest BCUT2D eigenvalue weighted by molar-refractivity contribution is 5.89. The summed E-state index contributed by atoms with van der Waals surface area (Å²) >= 11 is 0. The Bertz CT molecular complexity index is 579. The predicted octanol–water partition coefficient (Wildman–Crippen LogP) is 3.83. The molecule has 0 spiro atoms. The smallest absolute Gasteiger partial charge is 0.354 e. The molecule has 0 aliphatic rings. The van der Waals surface area contributed by atoms with Crippen LogP contribution in [0.25, 0.3) is 11.1 Å². The van der Waals surface area contributed by atoms with E-state index in [-0.39, 0.29) is 12.0 Å². The van der Waals surface area contributed by atoms with Crippen molar-refractivity contribution in [3.8, 4) is 11.1 Å². The molecule has 1 aromatic carbocycles. The second-order valence-electron chi connectivity index (χ2n) is 4.97. The monoisotopic (exact) mass is 257 g/mol. The fraction of sp³-hybridized carbons (Fsp3) is 0.312. The Morgan fingerprint density at radius 1 is 1.16 bits per heavy atom.